The van der Waals surface area contributed by atoms with Crippen molar-refractivity contribution >= 4 is 10.9 Å². The molecule has 0 radical (unpaired) electrons. The van der Waals surface area contributed by atoms with Crippen molar-refractivity contribution in [3.8, 4) is 0 Å². The number of benzene rings is 1. The molecular weight excluding hydrogens is 236 g/mol. The van der Waals surface area contributed by atoms with E-state index < -0.39 is 0 Å². The van der Waals surface area contributed by atoms with Crippen LogP contribution in [0.2, 0.25) is 0 Å². The lowest BCUT2D eigenvalue weighted by Crippen LogP contribution is -2.22. The zero-order valence-electron chi connectivity index (χ0n) is 12.2. The highest BCUT2D eigenvalue weighted by molar-refractivity contribution is 5.83. The Morgan fingerprint density at radius 1 is 1.21 bits per heavy atom. The fourth-order valence-corrected chi connectivity index (χ4v) is 2.76. The van der Waals surface area contributed by atoms with Gasteiger partial charge in [0.2, 0.25) is 0 Å². The van der Waals surface area contributed by atoms with E-state index in [0.717, 1.165) is 36.0 Å². The number of hydrogen-bond donors (Lipinski definition) is 1. The fraction of sp³-hybridized carbons (Fsp3) is 0.438. The molecule has 0 saturated carbocycles. The molecule has 0 spiro atoms. The minimum Gasteiger partial charge on any atom is -0.320 e. The van der Waals surface area contributed by atoms with Gasteiger partial charge in [-0.05, 0) is 63.4 Å². The summed E-state index contributed by atoms with van der Waals surface area (Å²) < 4.78 is 1.79. The molecule has 3 nitrogen and oxygen atoms in total. The number of rotatable bonds is 4. The van der Waals surface area contributed by atoms with Gasteiger partial charge in [-0.3, -0.25) is 4.79 Å². The van der Waals surface area contributed by atoms with E-state index >= 15 is 0 Å². The molecule has 0 aliphatic carbocycles. The molecule has 0 amide bonds. The Morgan fingerprint density at radius 2 is 1.95 bits per heavy atom. The Kier molecular flexibility index (Phi) is 4.05. The van der Waals surface area contributed by atoms with Gasteiger partial charge in [-0.15, -0.1) is 0 Å². The van der Waals surface area contributed by atoms with Gasteiger partial charge < -0.3 is 9.88 Å². The summed E-state index contributed by atoms with van der Waals surface area (Å²) in [6, 6.07) is 6.35. The summed E-state index contributed by atoms with van der Waals surface area (Å²) in [7, 11) is 3.81. The molecule has 2 aromatic rings. The number of hydrogen-bond acceptors (Lipinski definition) is 2. The van der Waals surface area contributed by atoms with Crippen LogP contribution in [0.15, 0.2) is 23.0 Å². The summed E-state index contributed by atoms with van der Waals surface area (Å²) in [4.78, 5) is 12.4. The summed E-state index contributed by atoms with van der Waals surface area (Å²) in [6.45, 7) is 5.10. The topological polar surface area (TPSA) is 34.0 Å². The van der Waals surface area contributed by atoms with Crippen LogP contribution in [0.3, 0.4) is 0 Å². The van der Waals surface area contributed by atoms with Gasteiger partial charge in [-0.1, -0.05) is 11.6 Å². The average molecular weight is 258 g/mol. The van der Waals surface area contributed by atoms with Crippen LogP contribution in [-0.4, -0.2) is 18.2 Å². The summed E-state index contributed by atoms with van der Waals surface area (Å²) in [5.74, 6) is 0. The van der Waals surface area contributed by atoms with Gasteiger partial charge in [0, 0.05) is 12.6 Å². The van der Waals surface area contributed by atoms with E-state index in [0.29, 0.717) is 0 Å². The van der Waals surface area contributed by atoms with Crippen LogP contribution in [0.5, 0.6) is 0 Å². The lowest BCUT2D eigenvalue weighted by Gasteiger charge is -2.12. The van der Waals surface area contributed by atoms with Crippen molar-refractivity contribution in [3.05, 3.63) is 45.2 Å². The van der Waals surface area contributed by atoms with Gasteiger partial charge in [0.05, 0.1) is 5.52 Å². The van der Waals surface area contributed by atoms with Crippen LogP contribution < -0.4 is 10.9 Å². The van der Waals surface area contributed by atoms with Crippen molar-refractivity contribution in [1.29, 1.82) is 0 Å². The van der Waals surface area contributed by atoms with Gasteiger partial charge in [-0.25, -0.2) is 0 Å². The second-order valence-corrected chi connectivity index (χ2v) is 5.26. The first-order valence-electron chi connectivity index (χ1n) is 6.79. The maximum absolute atomic E-state index is 12.4. The third-order valence-electron chi connectivity index (χ3n) is 3.59. The van der Waals surface area contributed by atoms with Gasteiger partial charge in [0.25, 0.3) is 5.56 Å². The summed E-state index contributed by atoms with van der Waals surface area (Å²) in [5, 5.41) is 4.28. The van der Waals surface area contributed by atoms with Crippen LogP contribution in [0.25, 0.3) is 10.9 Å². The highest BCUT2D eigenvalue weighted by atomic mass is 16.1. The Balaban J connectivity index is 2.56. The molecule has 3 heteroatoms. The predicted molar refractivity (Wildman–Crippen MR) is 80.9 cm³/mol. The quantitative estimate of drug-likeness (QED) is 0.854. The standard InChI is InChI=1S/C16H22N2O/c1-11-8-12(2)15-14(9-11)10-13(6-5-7-17-3)16(19)18(15)4/h8-10,17H,5-7H2,1-4H3. The summed E-state index contributed by atoms with van der Waals surface area (Å²) in [6.07, 6.45) is 1.82. The fourth-order valence-electron chi connectivity index (χ4n) is 2.76. The van der Waals surface area contributed by atoms with E-state index in [9.17, 15) is 4.79 Å². The summed E-state index contributed by atoms with van der Waals surface area (Å²) >= 11 is 0. The first-order valence-corrected chi connectivity index (χ1v) is 6.79. The molecule has 1 N–H and O–H groups in total. The van der Waals surface area contributed by atoms with E-state index in [4.69, 9.17) is 0 Å². The van der Waals surface area contributed by atoms with E-state index in [1.54, 1.807) is 4.57 Å². The van der Waals surface area contributed by atoms with Crippen molar-refractivity contribution in [3.63, 3.8) is 0 Å². The van der Waals surface area contributed by atoms with Crippen LogP contribution in [0, 0.1) is 13.8 Å². The zero-order valence-corrected chi connectivity index (χ0v) is 12.2. The number of aryl methyl sites for hydroxylation is 4. The van der Waals surface area contributed by atoms with Crippen molar-refractivity contribution in [2.24, 2.45) is 7.05 Å². The maximum atomic E-state index is 12.4. The summed E-state index contributed by atoms with van der Waals surface area (Å²) in [5.41, 5.74) is 4.50. The third kappa shape index (κ3) is 2.71. The monoisotopic (exact) mass is 258 g/mol. The highest BCUT2D eigenvalue weighted by Gasteiger charge is 2.09. The first kappa shape index (κ1) is 13.8. The van der Waals surface area contributed by atoms with E-state index in [1.165, 1.54) is 10.9 Å². The zero-order chi connectivity index (χ0) is 14.0. The van der Waals surface area contributed by atoms with Crippen molar-refractivity contribution in [2.75, 3.05) is 13.6 Å². The second kappa shape index (κ2) is 5.57. The smallest absolute Gasteiger partial charge is 0.253 e. The Hall–Kier alpha value is -1.61. The number of aromatic nitrogens is 1. The molecule has 0 aliphatic rings. The minimum absolute atomic E-state index is 0.135. The molecule has 0 fully saturated rings. The Labute approximate surface area is 114 Å². The molecule has 1 aromatic carbocycles. The van der Waals surface area contributed by atoms with Crippen LogP contribution in [0.4, 0.5) is 0 Å². The molecule has 1 heterocycles. The molecule has 0 unspecified atom stereocenters. The Morgan fingerprint density at radius 3 is 2.63 bits per heavy atom. The van der Waals surface area contributed by atoms with Crippen molar-refractivity contribution in [2.45, 2.75) is 26.7 Å². The molecule has 0 bridgehead atoms. The van der Waals surface area contributed by atoms with E-state index in [1.807, 2.05) is 14.1 Å². The maximum Gasteiger partial charge on any atom is 0.253 e. The second-order valence-electron chi connectivity index (χ2n) is 5.26. The van der Waals surface area contributed by atoms with Gasteiger partial charge in [0.15, 0.2) is 0 Å². The normalized spacial score (nSPS) is 11.2. The van der Waals surface area contributed by atoms with E-state index in [-0.39, 0.29) is 5.56 Å². The molecule has 2 rings (SSSR count). The lowest BCUT2D eigenvalue weighted by atomic mass is 10.0. The minimum atomic E-state index is 0.135. The highest BCUT2D eigenvalue weighted by Crippen LogP contribution is 2.20. The molecule has 102 valence electrons. The van der Waals surface area contributed by atoms with Gasteiger partial charge in [-0.2, -0.15) is 0 Å². The van der Waals surface area contributed by atoms with Crippen molar-refractivity contribution < 1.29 is 0 Å². The number of nitrogens with zero attached hydrogens (tertiary/aromatic N) is 1. The van der Waals surface area contributed by atoms with Gasteiger partial charge >= 0.3 is 0 Å². The molecule has 0 aliphatic heterocycles. The van der Waals surface area contributed by atoms with E-state index in [2.05, 4.69) is 37.4 Å². The number of fused-ring (bicyclic) bond motifs is 1. The number of nitrogens with one attached hydrogen (secondary N) is 1. The first-order chi connectivity index (χ1) is 9.04. The molecular formula is C16H22N2O. The van der Waals surface area contributed by atoms with Crippen LogP contribution >= 0.6 is 0 Å². The molecule has 19 heavy (non-hydrogen) atoms. The van der Waals surface area contributed by atoms with Gasteiger partial charge in [0.1, 0.15) is 0 Å². The molecule has 1 aromatic heterocycles. The van der Waals surface area contributed by atoms with Crippen molar-refractivity contribution in [1.82, 2.24) is 9.88 Å². The SMILES string of the molecule is CNCCCc1cc2cc(C)cc(C)c2n(C)c1=O. The lowest BCUT2D eigenvalue weighted by molar-refractivity contribution is 0.715. The van der Waals surface area contributed by atoms with Crippen LogP contribution in [0.1, 0.15) is 23.1 Å². The number of pyridine rings is 1. The predicted octanol–water partition coefficient (Wildman–Crippen LogP) is 2.31. The molecule has 0 atom stereocenters. The molecule has 0 saturated heterocycles. The largest absolute Gasteiger partial charge is 0.320 e. The average Bonchev–Trinajstić information content (AvgIpc) is 2.34. The van der Waals surface area contributed by atoms with Crippen LogP contribution in [-0.2, 0) is 13.5 Å². The third-order valence-corrected chi connectivity index (χ3v) is 3.59. The Bertz CT molecular complexity index is 656.